The van der Waals surface area contributed by atoms with E-state index in [0.717, 1.165) is 35.5 Å². The molecule has 0 radical (unpaired) electrons. The molecule has 0 amide bonds. The fourth-order valence-corrected chi connectivity index (χ4v) is 6.44. The van der Waals surface area contributed by atoms with Crippen LogP contribution >= 0.6 is 0 Å². The molecule has 0 aliphatic carbocycles. The SMILES string of the molecule is CC([CH2][AlH2])C(C)c1ccccc1.CC([CH2][AlH2])C(C)c1ccccc1.CC([CH2][AlH2])C(C)c1ccccc1. The zero-order valence-electron chi connectivity index (χ0n) is 24.7. The molecule has 0 aromatic heterocycles. The minimum absolute atomic E-state index is 0.726. The quantitative estimate of drug-likeness (QED) is 0.253. The van der Waals surface area contributed by atoms with Crippen LogP contribution in [0.15, 0.2) is 91.0 Å². The zero-order chi connectivity index (χ0) is 26.9. The Balaban J connectivity index is 0.000000270. The van der Waals surface area contributed by atoms with Gasteiger partial charge in [0.05, 0.1) is 0 Å². The van der Waals surface area contributed by atoms with E-state index >= 15 is 0 Å². The van der Waals surface area contributed by atoms with E-state index < -0.39 is 0 Å². The lowest BCUT2D eigenvalue weighted by Gasteiger charge is -2.18. The highest BCUT2D eigenvalue weighted by molar-refractivity contribution is 6.09. The van der Waals surface area contributed by atoms with E-state index in [-0.39, 0.29) is 0 Å². The second kappa shape index (κ2) is 19.3. The molecule has 0 aliphatic rings. The lowest BCUT2D eigenvalue weighted by atomic mass is 9.90. The lowest BCUT2D eigenvalue weighted by Crippen LogP contribution is -2.05. The molecule has 36 heavy (non-hydrogen) atoms. The average Bonchev–Trinajstić information content (AvgIpc) is 2.96. The summed E-state index contributed by atoms with van der Waals surface area (Å²) in [5.41, 5.74) is 4.46. The molecule has 3 aromatic carbocycles. The fourth-order valence-electron chi connectivity index (χ4n) is 4.32. The highest BCUT2D eigenvalue weighted by atomic mass is 27.1. The van der Waals surface area contributed by atoms with Gasteiger partial charge in [-0.2, -0.15) is 0 Å². The van der Waals surface area contributed by atoms with E-state index in [2.05, 4.69) is 133 Å². The van der Waals surface area contributed by atoms with E-state index in [9.17, 15) is 0 Å². The van der Waals surface area contributed by atoms with Gasteiger partial charge in [-0.1, -0.05) is 148 Å². The Labute approximate surface area is 248 Å². The molecule has 0 N–H and O–H groups in total. The Hall–Kier alpha value is -0.743. The summed E-state index contributed by atoms with van der Waals surface area (Å²) in [6.45, 7) is 14.0. The molecule has 192 valence electrons. The maximum atomic E-state index is 2.35. The van der Waals surface area contributed by atoms with Gasteiger partial charge < -0.3 is 0 Å². The van der Waals surface area contributed by atoms with Gasteiger partial charge in [0.1, 0.15) is 0 Å². The molecule has 0 saturated carbocycles. The molecule has 3 aromatic rings. The third-order valence-electron chi connectivity index (χ3n) is 8.47. The second-order valence-electron chi connectivity index (χ2n) is 10.8. The second-order valence-corrected chi connectivity index (χ2v) is 13.2. The molecular weight excluding hydrogens is 477 g/mol. The van der Waals surface area contributed by atoms with Crippen molar-refractivity contribution in [1.29, 1.82) is 0 Å². The minimum atomic E-state index is 0.726. The van der Waals surface area contributed by atoms with Crippen molar-refractivity contribution in [3.05, 3.63) is 108 Å². The average molecular weight is 529 g/mol. The predicted molar refractivity (Wildman–Crippen MR) is 172 cm³/mol. The first-order valence-corrected chi connectivity index (χ1v) is 18.7. The molecule has 3 heteroatoms. The van der Waals surface area contributed by atoms with Crippen LogP contribution in [0.1, 0.15) is 76.0 Å². The monoisotopic (exact) mass is 528 g/mol. The predicted octanol–water partition coefficient (Wildman–Crippen LogP) is 7.43. The van der Waals surface area contributed by atoms with Crippen LogP contribution in [-0.2, 0) is 0 Å². The van der Waals surface area contributed by atoms with E-state index in [1.165, 1.54) is 81.4 Å². The van der Waals surface area contributed by atoms with Gasteiger partial charge in [0.15, 0.2) is 0 Å². The van der Waals surface area contributed by atoms with Crippen LogP contribution < -0.4 is 0 Å². The Morgan fingerprint density at radius 2 is 0.583 bits per heavy atom. The summed E-state index contributed by atoms with van der Waals surface area (Å²) in [5.74, 6) is 4.72. The van der Waals surface area contributed by atoms with Gasteiger partial charge in [-0.25, -0.2) is 0 Å². The first-order valence-electron chi connectivity index (χ1n) is 14.4. The van der Waals surface area contributed by atoms with Crippen LogP contribution in [0.4, 0.5) is 0 Å². The van der Waals surface area contributed by atoms with Gasteiger partial charge in [-0.05, 0) is 52.2 Å². The fraction of sp³-hybridized carbons (Fsp3) is 0.455. The summed E-state index contributed by atoms with van der Waals surface area (Å²) in [6.07, 6.45) is 0. The van der Waals surface area contributed by atoms with Gasteiger partial charge in [0.2, 0.25) is 48.9 Å². The topological polar surface area (TPSA) is 0 Å². The molecule has 6 atom stereocenters. The normalized spacial score (nSPS) is 15.5. The largest absolute Gasteiger partial charge is 0.212 e. The standard InChI is InChI=1S/3C11H15.3Al.6H/c3*1-9(2)10(3)11-7-5-4-6-8-11;;;;;;;;;/h3*4-10H,1H2,2-3H3;;;;;;;;;. The lowest BCUT2D eigenvalue weighted by molar-refractivity contribution is 0.535. The van der Waals surface area contributed by atoms with Crippen LogP contribution in [-0.4, -0.2) is 48.9 Å². The van der Waals surface area contributed by atoms with Crippen molar-refractivity contribution in [3.8, 4) is 0 Å². The first kappa shape index (κ1) is 33.3. The van der Waals surface area contributed by atoms with Crippen LogP contribution in [0.25, 0.3) is 0 Å². The molecule has 0 fully saturated rings. The van der Waals surface area contributed by atoms with Gasteiger partial charge in [-0.3, -0.25) is 0 Å². The highest BCUT2D eigenvalue weighted by Crippen LogP contribution is 2.27. The molecule has 0 saturated heterocycles. The molecule has 0 bridgehead atoms. The van der Waals surface area contributed by atoms with Crippen LogP contribution in [0.3, 0.4) is 0 Å². The summed E-state index contributed by atoms with van der Waals surface area (Å²) in [4.78, 5) is 0. The molecule has 6 unspecified atom stereocenters. The van der Waals surface area contributed by atoms with Crippen molar-refractivity contribution in [1.82, 2.24) is 0 Å². The minimum Gasteiger partial charge on any atom is -0.0982 e. The molecule has 0 aliphatic heterocycles. The number of benzene rings is 3. The third-order valence-corrected chi connectivity index (χ3v) is 12.3. The van der Waals surface area contributed by atoms with Gasteiger partial charge in [-0.15, -0.1) is 0 Å². The summed E-state index contributed by atoms with van der Waals surface area (Å²) in [6, 6.07) is 32.4. The van der Waals surface area contributed by atoms with Gasteiger partial charge in [0, 0.05) is 0 Å². The summed E-state index contributed by atoms with van der Waals surface area (Å²) in [7, 11) is 0. The van der Waals surface area contributed by atoms with E-state index in [0.29, 0.717) is 0 Å². The first-order chi connectivity index (χ1) is 17.3. The van der Waals surface area contributed by atoms with Crippen molar-refractivity contribution >= 4 is 48.9 Å². The molecule has 0 nitrogen and oxygen atoms in total. The Morgan fingerprint density at radius 1 is 0.389 bits per heavy atom. The number of hydrogen-bond donors (Lipinski definition) is 0. The molecule has 3 rings (SSSR count). The maximum absolute atomic E-state index is 2.35. The van der Waals surface area contributed by atoms with Crippen molar-refractivity contribution in [3.63, 3.8) is 0 Å². The van der Waals surface area contributed by atoms with Crippen molar-refractivity contribution in [2.45, 2.75) is 75.1 Å². The molecular formula is C33H51Al3. The van der Waals surface area contributed by atoms with E-state index in [1.54, 1.807) is 0 Å². The van der Waals surface area contributed by atoms with Crippen LogP contribution in [0, 0.1) is 17.8 Å². The maximum Gasteiger partial charge on any atom is 0.212 e. The van der Waals surface area contributed by atoms with E-state index in [4.69, 9.17) is 0 Å². The van der Waals surface area contributed by atoms with Crippen molar-refractivity contribution in [2.24, 2.45) is 17.8 Å². The van der Waals surface area contributed by atoms with Crippen LogP contribution in [0.2, 0.25) is 15.8 Å². The Morgan fingerprint density at radius 3 is 0.750 bits per heavy atom. The Kier molecular flexibility index (Phi) is 17.9. The summed E-state index contributed by atoms with van der Waals surface area (Å²) >= 11 is 3.97. The summed E-state index contributed by atoms with van der Waals surface area (Å²) in [5, 5.41) is 4.20. The van der Waals surface area contributed by atoms with E-state index in [1.807, 2.05) is 0 Å². The van der Waals surface area contributed by atoms with Gasteiger partial charge >= 0.3 is 0 Å². The smallest absolute Gasteiger partial charge is 0.0982 e. The third kappa shape index (κ3) is 12.2. The number of rotatable bonds is 9. The molecule has 0 heterocycles. The van der Waals surface area contributed by atoms with Crippen LogP contribution in [0.5, 0.6) is 0 Å². The summed E-state index contributed by atoms with van der Waals surface area (Å²) < 4.78 is 0. The van der Waals surface area contributed by atoms with Crippen molar-refractivity contribution < 1.29 is 0 Å². The number of hydrogen-bond acceptors (Lipinski definition) is 0. The van der Waals surface area contributed by atoms with Gasteiger partial charge in [0.25, 0.3) is 0 Å². The zero-order valence-corrected chi connectivity index (χ0v) is 30.7. The van der Waals surface area contributed by atoms with Crippen molar-refractivity contribution in [2.75, 3.05) is 0 Å². The highest BCUT2D eigenvalue weighted by Gasteiger charge is 2.12. The molecule has 0 spiro atoms. The Bertz CT molecular complexity index is 776.